The summed E-state index contributed by atoms with van der Waals surface area (Å²) in [5.41, 5.74) is 1.31. The fourth-order valence-electron chi connectivity index (χ4n) is 2.64. The molecule has 0 saturated heterocycles. The molecule has 1 aromatic carbocycles. The summed E-state index contributed by atoms with van der Waals surface area (Å²) in [5.74, 6) is 1.59. The van der Waals surface area contributed by atoms with Crippen molar-refractivity contribution in [2.75, 3.05) is 13.7 Å². The lowest BCUT2D eigenvalue weighted by Crippen LogP contribution is -2.46. The van der Waals surface area contributed by atoms with E-state index in [2.05, 4.69) is 24.4 Å². The van der Waals surface area contributed by atoms with Gasteiger partial charge < -0.3 is 15.2 Å². The van der Waals surface area contributed by atoms with Gasteiger partial charge in [-0.2, -0.15) is 0 Å². The Labute approximate surface area is 109 Å². The first-order valence-electron chi connectivity index (χ1n) is 6.78. The number of hydrogen-bond acceptors (Lipinski definition) is 3. The quantitative estimate of drug-likeness (QED) is 0.813. The first-order valence-corrected chi connectivity index (χ1v) is 6.78. The lowest BCUT2D eigenvalue weighted by atomic mass is 9.75. The van der Waals surface area contributed by atoms with Crippen molar-refractivity contribution >= 4 is 0 Å². The molecule has 1 fully saturated rings. The Kier molecular flexibility index (Phi) is 4.61. The number of ether oxygens (including phenoxy) is 1. The Morgan fingerprint density at radius 2 is 2.11 bits per heavy atom. The molecular weight excluding hydrogens is 226 g/mol. The molecule has 1 aliphatic carbocycles. The third-order valence-electron chi connectivity index (χ3n) is 3.90. The minimum Gasteiger partial charge on any atom is -0.496 e. The van der Waals surface area contributed by atoms with E-state index < -0.39 is 0 Å². The van der Waals surface area contributed by atoms with E-state index in [-0.39, 0.29) is 12.6 Å². The van der Waals surface area contributed by atoms with E-state index in [1.165, 1.54) is 5.56 Å². The predicted octanol–water partition coefficient (Wildman–Crippen LogP) is 2.30. The van der Waals surface area contributed by atoms with Crippen LogP contribution in [-0.2, 0) is 0 Å². The minimum atomic E-state index is 0.228. The molecule has 3 heteroatoms. The maximum Gasteiger partial charge on any atom is 0.122 e. The number of methoxy groups -OCH3 is 1. The number of nitrogens with one attached hydrogen (secondary N) is 1. The molecule has 2 rings (SSSR count). The van der Waals surface area contributed by atoms with Gasteiger partial charge in [-0.15, -0.1) is 0 Å². The van der Waals surface area contributed by atoms with Gasteiger partial charge >= 0.3 is 0 Å². The molecule has 1 aliphatic rings. The summed E-state index contributed by atoms with van der Waals surface area (Å²) < 4.78 is 5.40. The molecule has 0 amide bonds. The second-order valence-electron chi connectivity index (χ2n) is 5.06. The van der Waals surface area contributed by atoms with Gasteiger partial charge in [-0.1, -0.05) is 25.1 Å². The zero-order valence-corrected chi connectivity index (χ0v) is 11.2. The van der Waals surface area contributed by atoms with Crippen LogP contribution in [0.1, 0.15) is 37.7 Å². The summed E-state index contributed by atoms with van der Waals surface area (Å²) in [6.45, 7) is 2.33. The largest absolute Gasteiger partial charge is 0.496 e. The average Bonchev–Trinajstić information content (AvgIpc) is 2.38. The number of para-hydroxylation sites is 1. The van der Waals surface area contributed by atoms with Gasteiger partial charge in [0.15, 0.2) is 0 Å². The zero-order chi connectivity index (χ0) is 13.0. The van der Waals surface area contributed by atoms with E-state index in [1.807, 2.05) is 12.1 Å². The van der Waals surface area contributed by atoms with Crippen LogP contribution < -0.4 is 10.1 Å². The molecule has 0 spiro atoms. The number of aliphatic hydroxyl groups is 1. The van der Waals surface area contributed by atoms with Crippen LogP contribution in [0.5, 0.6) is 5.75 Å². The average molecular weight is 249 g/mol. The first-order chi connectivity index (χ1) is 8.78. The van der Waals surface area contributed by atoms with Gasteiger partial charge in [-0.3, -0.25) is 0 Å². The Hall–Kier alpha value is -1.06. The van der Waals surface area contributed by atoms with Crippen LogP contribution in [-0.4, -0.2) is 30.9 Å². The van der Waals surface area contributed by atoms with Crippen LogP contribution in [0.25, 0.3) is 0 Å². The summed E-state index contributed by atoms with van der Waals surface area (Å²) >= 11 is 0. The van der Waals surface area contributed by atoms with Crippen molar-refractivity contribution in [1.29, 1.82) is 0 Å². The normalized spacial score (nSPS) is 24.4. The standard InChI is InChI=1S/C15H23NO2/c1-3-12(10-17)16-13-8-11(9-13)14-6-4-5-7-15(14)18-2/h4-7,11-13,16-17H,3,8-10H2,1-2H3/t11?,12-,13?/m1/s1. The second kappa shape index (κ2) is 6.21. The van der Waals surface area contributed by atoms with Crippen LogP contribution in [0.3, 0.4) is 0 Å². The molecule has 1 aromatic rings. The lowest BCUT2D eigenvalue weighted by Gasteiger charge is -2.38. The van der Waals surface area contributed by atoms with Crippen LogP contribution in [0.4, 0.5) is 0 Å². The number of aliphatic hydroxyl groups excluding tert-OH is 1. The van der Waals surface area contributed by atoms with E-state index >= 15 is 0 Å². The van der Waals surface area contributed by atoms with Crippen molar-refractivity contribution in [2.45, 2.75) is 44.2 Å². The molecule has 0 unspecified atom stereocenters. The zero-order valence-electron chi connectivity index (χ0n) is 11.2. The molecular formula is C15H23NO2. The highest BCUT2D eigenvalue weighted by atomic mass is 16.5. The monoisotopic (exact) mass is 249 g/mol. The molecule has 0 aliphatic heterocycles. The lowest BCUT2D eigenvalue weighted by molar-refractivity contribution is 0.192. The van der Waals surface area contributed by atoms with Crippen molar-refractivity contribution in [3.05, 3.63) is 29.8 Å². The summed E-state index contributed by atoms with van der Waals surface area (Å²) in [6.07, 6.45) is 3.25. The van der Waals surface area contributed by atoms with Gasteiger partial charge in [0.1, 0.15) is 5.75 Å². The first kappa shape index (κ1) is 13.4. The van der Waals surface area contributed by atoms with Crippen molar-refractivity contribution in [3.63, 3.8) is 0 Å². The summed E-state index contributed by atoms with van der Waals surface area (Å²) in [5, 5.41) is 12.7. The highest BCUT2D eigenvalue weighted by Gasteiger charge is 2.32. The molecule has 1 atom stereocenters. The second-order valence-corrected chi connectivity index (χ2v) is 5.06. The molecule has 1 saturated carbocycles. The summed E-state index contributed by atoms with van der Waals surface area (Å²) in [4.78, 5) is 0. The van der Waals surface area contributed by atoms with E-state index in [0.717, 1.165) is 25.0 Å². The van der Waals surface area contributed by atoms with Gasteiger partial charge in [0.05, 0.1) is 13.7 Å². The summed E-state index contributed by atoms with van der Waals surface area (Å²) in [6, 6.07) is 9.05. The maximum atomic E-state index is 9.18. The molecule has 3 nitrogen and oxygen atoms in total. The molecule has 0 radical (unpaired) electrons. The third kappa shape index (κ3) is 2.85. The van der Waals surface area contributed by atoms with Gasteiger partial charge in [-0.05, 0) is 36.8 Å². The van der Waals surface area contributed by atoms with Gasteiger partial charge in [-0.25, -0.2) is 0 Å². The van der Waals surface area contributed by atoms with Crippen LogP contribution in [0.2, 0.25) is 0 Å². The molecule has 0 heterocycles. The minimum absolute atomic E-state index is 0.228. The van der Waals surface area contributed by atoms with Gasteiger partial charge in [0.2, 0.25) is 0 Å². The highest BCUT2D eigenvalue weighted by Crippen LogP contribution is 2.41. The van der Waals surface area contributed by atoms with Crippen molar-refractivity contribution < 1.29 is 9.84 Å². The maximum absolute atomic E-state index is 9.18. The molecule has 18 heavy (non-hydrogen) atoms. The molecule has 2 N–H and O–H groups in total. The smallest absolute Gasteiger partial charge is 0.122 e. The molecule has 100 valence electrons. The van der Waals surface area contributed by atoms with E-state index in [1.54, 1.807) is 7.11 Å². The van der Waals surface area contributed by atoms with Gasteiger partial charge in [0.25, 0.3) is 0 Å². The molecule has 0 aromatic heterocycles. The Morgan fingerprint density at radius 1 is 1.39 bits per heavy atom. The van der Waals surface area contributed by atoms with Crippen molar-refractivity contribution in [3.8, 4) is 5.75 Å². The Balaban J connectivity index is 1.88. The van der Waals surface area contributed by atoms with Crippen molar-refractivity contribution in [1.82, 2.24) is 5.32 Å². The fraction of sp³-hybridized carbons (Fsp3) is 0.600. The Morgan fingerprint density at radius 3 is 2.72 bits per heavy atom. The molecule has 0 bridgehead atoms. The summed E-state index contributed by atoms with van der Waals surface area (Å²) in [7, 11) is 1.73. The third-order valence-corrected chi connectivity index (χ3v) is 3.90. The van der Waals surface area contributed by atoms with Crippen LogP contribution in [0.15, 0.2) is 24.3 Å². The van der Waals surface area contributed by atoms with Crippen LogP contribution >= 0.6 is 0 Å². The fourth-order valence-corrected chi connectivity index (χ4v) is 2.64. The van der Waals surface area contributed by atoms with Crippen molar-refractivity contribution in [2.24, 2.45) is 0 Å². The van der Waals surface area contributed by atoms with E-state index in [0.29, 0.717) is 12.0 Å². The number of benzene rings is 1. The van der Waals surface area contributed by atoms with Crippen LogP contribution in [0, 0.1) is 0 Å². The topological polar surface area (TPSA) is 41.5 Å². The van der Waals surface area contributed by atoms with Gasteiger partial charge in [0, 0.05) is 12.1 Å². The number of rotatable bonds is 6. The predicted molar refractivity (Wildman–Crippen MR) is 73.1 cm³/mol. The Bertz CT molecular complexity index is 371. The van der Waals surface area contributed by atoms with E-state index in [9.17, 15) is 5.11 Å². The highest BCUT2D eigenvalue weighted by molar-refractivity contribution is 5.37. The van der Waals surface area contributed by atoms with E-state index in [4.69, 9.17) is 4.74 Å². The SMILES string of the molecule is CC[C@H](CO)NC1CC(c2ccccc2OC)C1. The number of hydrogen-bond donors (Lipinski definition) is 2.